The summed E-state index contributed by atoms with van der Waals surface area (Å²) in [6.07, 6.45) is 1.80. The molecule has 16 aromatic rings. The normalized spacial score (nSPS) is 18.7. The van der Waals surface area contributed by atoms with E-state index in [1.54, 1.807) is 96.4 Å². The van der Waals surface area contributed by atoms with Crippen molar-refractivity contribution in [3.8, 4) is 67.8 Å². The van der Waals surface area contributed by atoms with Crippen LogP contribution in [0.2, 0.25) is 0 Å². The van der Waals surface area contributed by atoms with E-state index in [-0.39, 0.29) is 99.0 Å². The molecular weight excluding hydrogens is 1920 g/mol. The number of aliphatic hydroxyl groups excluding tert-OH is 1. The lowest BCUT2D eigenvalue weighted by Gasteiger charge is -2.31. The number of H-pyrrole nitrogens is 3. The van der Waals surface area contributed by atoms with Gasteiger partial charge in [0.1, 0.15) is 36.3 Å². The number of aromatic nitrogens is 7. The Labute approximate surface area is 841 Å². The topological polar surface area (TPSA) is 452 Å². The first-order valence-electron chi connectivity index (χ1n) is 46.7. The number of amides is 16. The van der Waals surface area contributed by atoms with Crippen LogP contribution in [-0.4, -0.2) is 177 Å². The lowest BCUT2D eigenvalue weighted by atomic mass is 9.87. The van der Waals surface area contributed by atoms with Crippen molar-refractivity contribution in [1.82, 2.24) is 97.0 Å². The van der Waals surface area contributed by atoms with Gasteiger partial charge in [0.25, 0.3) is 47.3 Å². The first kappa shape index (κ1) is 96.0. The number of aryl methyl sites for hydroxylation is 2. The van der Waals surface area contributed by atoms with Crippen LogP contribution in [0.25, 0.3) is 88.5 Å². The third-order valence-corrected chi connectivity index (χ3v) is 27.8. The van der Waals surface area contributed by atoms with E-state index in [2.05, 4.69) is 95.3 Å². The number of benzene rings is 12. The summed E-state index contributed by atoms with van der Waals surface area (Å²) < 4.78 is 78.7. The minimum Gasteiger partial charge on any atom is -0.497 e. The molecule has 12 N–H and O–H groups in total. The number of aromatic amines is 3. The van der Waals surface area contributed by atoms with Crippen molar-refractivity contribution in [1.29, 1.82) is 0 Å². The van der Waals surface area contributed by atoms with Crippen LogP contribution >= 0.6 is 0 Å². The Balaban J connectivity index is 0.000000116. The van der Waals surface area contributed by atoms with Crippen LogP contribution in [0, 0.1) is 37.3 Å². The molecule has 8 aliphatic rings. The Morgan fingerprint density at radius 1 is 0.362 bits per heavy atom. The summed E-state index contributed by atoms with van der Waals surface area (Å²) in [7, 11) is 1.55. The molecule has 39 heteroatoms. The number of urea groups is 4. The molecule has 8 aliphatic heterocycles. The van der Waals surface area contributed by atoms with E-state index >= 15 is 0 Å². The van der Waals surface area contributed by atoms with Crippen LogP contribution in [0.1, 0.15) is 103 Å². The van der Waals surface area contributed by atoms with Crippen molar-refractivity contribution in [3.05, 3.63) is 357 Å². The molecule has 0 radical (unpaired) electrons. The molecule has 149 heavy (non-hydrogen) atoms. The number of carbonyl (C=O) groups excluding carboxylic acids is 12. The molecule has 12 heterocycles. The molecule has 4 fully saturated rings. The van der Waals surface area contributed by atoms with Gasteiger partial charge in [-0.15, -0.1) is 0 Å². The summed E-state index contributed by atoms with van der Waals surface area (Å²) in [5.41, 5.74) is 13.0. The zero-order chi connectivity index (χ0) is 104. The maximum atomic E-state index is 13.7. The first-order chi connectivity index (χ1) is 71.7. The highest BCUT2D eigenvalue weighted by Crippen LogP contribution is 2.44. The highest BCUT2D eigenvalue weighted by Gasteiger charge is 2.55. The molecule has 0 bridgehead atoms. The van der Waals surface area contributed by atoms with E-state index in [1.807, 2.05) is 117 Å². The van der Waals surface area contributed by atoms with Gasteiger partial charge in [0.05, 0.1) is 96.5 Å². The van der Waals surface area contributed by atoms with Gasteiger partial charge in [-0.1, -0.05) is 157 Å². The minimum absolute atomic E-state index is 0.00103. The number of fused-ring (bicyclic) bond motifs is 8. The number of hydrogen-bond acceptors (Lipinski definition) is 19. The van der Waals surface area contributed by atoms with Crippen LogP contribution in [0.15, 0.2) is 262 Å². The molecule has 4 saturated heterocycles. The number of methoxy groups -OCH3 is 1. The smallest absolute Gasteiger partial charge is 0.416 e. The molecule has 24 rings (SSSR count). The monoisotopic (exact) mass is 2010 g/mol. The Bertz CT molecular complexity index is 8410. The van der Waals surface area contributed by atoms with Gasteiger partial charge in [0.2, 0.25) is 0 Å². The van der Waals surface area contributed by atoms with Gasteiger partial charge in [-0.25, -0.2) is 42.9 Å². The van der Waals surface area contributed by atoms with E-state index in [1.165, 1.54) is 64.7 Å². The third-order valence-electron chi connectivity index (χ3n) is 27.8. The molecular formula is C110H84F5N19O15. The number of alkyl halides is 3. The lowest BCUT2D eigenvalue weighted by molar-refractivity contribution is -0.137. The fourth-order valence-electron chi connectivity index (χ4n) is 20.4. The number of halogens is 5. The Morgan fingerprint density at radius 3 is 1.11 bits per heavy atom. The van der Waals surface area contributed by atoms with Crippen molar-refractivity contribution in [2.75, 3.05) is 46.5 Å². The van der Waals surface area contributed by atoms with Gasteiger partial charge in [0, 0.05) is 71.1 Å². The highest BCUT2D eigenvalue weighted by atomic mass is 19.4. The summed E-state index contributed by atoms with van der Waals surface area (Å²) in [6.45, 7) is 4.40. The van der Waals surface area contributed by atoms with E-state index in [4.69, 9.17) is 14.6 Å². The number of carbonyl (C=O) groups is 12. The molecule has 0 unspecified atom stereocenters. The molecule has 0 aliphatic carbocycles. The molecule has 0 saturated carbocycles. The number of aliphatic hydroxyl groups is 1. The van der Waals surface area contributed by atoms with Crippen LogP contribution < -0.4 is 52.0 Å². The highest BCUT2D eigenvalue weighted by molar-refractivity contribution is 6.13. The van der Waals surface area contributed by atoms with E-state index in [9.17, 15) is 79.5 Å². The standard InChI is InChI=1S/C31H24N4O5.C27H23N5O4.C26H17F4N5O3.C26H20FN5O3/c36-15-1-2-16-40-24-13-10-22-18-35(28(37)26(22)17-24)19-31(29(38)33-30(39)34-31)23-11-8-20(9-12-23)25-7-3-5-21-6-4-14-32-27(21)25;1-15-9-18(10-22-23(15)29-14-28-22)16-3-6-19(7-4-16)27(25(34)30-26(35)31-27)13-32-12-17-5-8-20(36-2)11-21(17)24(32)33;27-17-6-3-14-10-35(22(36)19(14)9-17)11-25(23(37)33-24(38)34-25)15-4-1-13(2-5-15)18-7-16(26(28,29)30)8-20-21(18)32-12-31-20;1-14-8-17(9-21-22(14)29-13-28-21)15-2-5-18(6-3-15)26(24(34)30-25(35)31-26)12-32-11-16-4-7-19(27)10-20(16)23(32)33/h3-14,17,36H,15-16,18-19H2,(H2,33,34,38,39);3-11,14H,12-13H2,1-2H3,(H,28,29)(H2,30,31,34,35);1-9,12H,10-11H2,(H,31,32)(H2,33,34,37,38);2-10,13H,11-12H2,1H3,(H,28,29)(H2,30,31,34,35)/t31-;27-;25-;26-/m0100/s1. The first-order valence-corrected chi connectivity index (χ1v) is 46.7. The molecule has 34 nitrogen and oxygen atoms in total. The predicted molar refractivity (Wildman–Crippen MR) is 531 cm³/mol. The number of nitrogens with zero attached hydrogens (tertiary/aromatic N) is 8. The molecule has 744 valence electrons. The van der Waals surface area contributed by atoms with Crippen LogP contribution in [0.3, 0.4) is 0 Å². The SMILES string of the molecule is COc1ccc2c(c1)C(=O)N(C[C@]1(c3ccc(-c4cc(C)c5nc[nH]c5c4)cc3)NC(=O)NC1=O)C2.Cc1cc(-c2ccc([C@]3(CN4Cc5ccc(F)cc5C4=O)NC(=O)NC3=O)cc2)cc2[nH]cnc12.O=C1NC(=O)[C@](CN2Cc3ccc(F)cc3C2=O)(c2ccc(-c3cc(C(F)(F)F)cc4[nH]cnc34)cc2)N1.O=C1NC(=O)[C@](CN2Cc3ccc(OCC#CCO)cc3C2=O)(c2ccc(-c3cccc4cccnc34)cc2)N1. The van der Waals surface area contributed by atoms with Crippen LogP contribution in [-0.2, 0) is 73.7 Å². The van der Waals surface area contributed by atoms with E-state index < -0.39 is 99.2 Å². The number of nitrogens with one attached hydrogen (secondary N) is 11. The maximum Gasteiger partial charge on any atom is 0.416 e. The number of ether oxygens (including phenoxy) is 2. The molecule has 16 amide bonds. The Morgan fingerprint density at radius 2 is 0.725 bits per heavy atom. The van der Waals surface area contributed by atoms with Crippen LogP contribution in [0.5, 0.6) is 11.5 Å². The number of pyridine rings is 1. The lowest BCUT2D eigenvalue weighted by Crippen LogP contribution is -2.52. The summed E-state index contributed by atoms with van der Waals surface area (Å²) in [4.78, 5) is 186. The maximum absolute atomic E-state index is 13.7. The van der Waals surface area contributed by atoms with Crippen molar-refractivity contribution in [3.63, 3.8) is 0 Å². The van der Waals surface area contributed by atoms with Crippen molar-refractivity contribution in [2.45, 2.75) is 68.4 Å². The van der Waals surface area contributed by atoms with Gasteiger partial charge in [0.15, 0.2) is 22.2 Å². The Hall–Kier alpha value is -19.1. The fraction of sp³-hybridized carbons (Fsp3) is 0.164. The quantitative estimate of drug-likeness (QED) is 0.0203. The zero-order valence-corrected chi connectivity index (χ0v) is 79.0. The zero-order valence-electron chi connectivity index (χ0n) is 79.0. The number of imidazole rings is 3. The molecule has 4 aromatic heterocycles. The van der Waals surface area contributed by atoms with Gasteiger partial charge in [-0.3, -0.25) is 64.6 Å². The molecule has 4 atom stereocenters. The second-order valence-corrected chi connectivity index (χ2v) is 36.8. The number of rotatable bonds is 19. The summed E-state index contributed by atoms with van der Waals surface area (Å²) in [5.74, 6) is 1.56. The van der Waals surface area contributed by atoms with Crippen molar-refractivity contribution >= 4 is 115 Å². The van der Waals surface area contributed by atoms with Gasteiger partial charge in [-0.05, 0) is 194 Å². The average Bonchev–Trinajstić information content (AvgIpc) is 1.27. The average molecular weight is 2010 g/mol. The second-order valence-electron chi connectivity index (χ2n) is 36.8. The minimum atomic E-state index is -4.58. The second kappa shape index (κ2) is 37.9. The van der Waals surface area contributed by atoms with Gasteiger partial charge >= 0.3 is 30.3 Å². The van der Waals surface area contributed by atoms with Crippen LogP contribution in [0.4, 0.5) is 41.1 Å². The molecule has 12 aromatic carbocycles. The van der Waals surface area contributed by atoms with Crippen molar-refractivity contribution < 1.29 is 94.1 Å². The summed E-state index contributed by atoms with van der Waals surface area (Å²) in [5, 5.41) is 29.9. The summed E-state index contributed by atoms with van der Waals surface area (Å²) in [6, 6.07) is 64.0. The number of hydrogen-bond donors (Lipinski definition) is 12. The van der Waals surface area contributed by atoms with E-state index in [0.29, 0.717) is 73.6 Å². The van der Waals surface area contributed by atoms with Gasteiger partial charge < -0.3 is 70.4 Å². The largest absolute Gasteiger partial charge is 0.497 e. The van der Waals surface area contributed by atoms with E-state index in [0.717, 1.165) is 107 Å². The molecule has 0 spiro atoms. The van der Waals surface area contributed by atoms with Gasteiger partial charge in [-0.2, -0.15) is 13.2 Å². The summed E-state index contributed by atoms with van der Waals surface area (Å²) >= 11 is 0. The number of imide groups is 4. The third kappa shape index (κ3) is 17.7. The van der Waals surface area contributed by atoms with Crippen molar-refractivity contribution in [2.24, 2.45) is 0 Å². The fourth-order valence-corrected chi connectivity index (χ4v) is 20.4. The number of para-hydroxylation sites is 1. The Kier molecular flexibility index (Phi) is 24.4. The predicted octanol–water partition coefficient (Wildman–Crippen LogP) is 13.7.